The first kappa shape index (κ1) is 13.4. The first-order valence-electron chi connectivity index (χ1n) is 5.63. The van der Waals surface area contributed by atoms with Gasteiger partial charge in [-0.3, -0.25) is 4.99 Å². The minimum atomic E-state index is 0.0753. The van der Waals surface area contributed by atoms with Gasteiger partial charge < -0.3 is 10.2 Å². The van der Waals surface area contributed by atoms with Crippen molar-refractivity contribution in [1.29, 1.82) is 0 Å². The Morgan fingerprint density at radius 1 is 1.11 bits per heavy atom. The maximum absolute atomic E-state index is 9.80. The fraction of sp³-hybridized carbons (Fsp3) is 0. The van der Waals surface area contributed by atoms with E-state index in [0.29, 0.717) is 11.1 Å². The Kier molecular flexibility index (Phi) is 4.36. The number of aliphatic imine (C=N–C) groups is 1. The lowest BCUT2D eigenvalue weighted by Gasteiger charge is -1.99. The van der Waals surface area contributed by atoms with E-state index in [4.69, 9.17) is 0 Å². The van der Waals surface area contributed by atoms with Crippen molar-refractivity contribution in [3.05, 3.63) is 70.3 Å². The fourth-order valence-electron chi connectivity index (χ4n) is 1.50. The smallest absolute Gasteiger partial charge is 0.141 e. The molecule has 2 N–H and O–H groups in total. The molecule has 2 aromatic rings. The summed E-state index contributed by atoms with van der Waals surface area (Å²) in [4.78, 5) is 4.00. The van der Waals surface area contributed by atoms with Gasteiger partial charge in [0, 0.05) is 21.8 Å². The average Bonchev–Trinajstić information content (AvgIpc) is 2.43. The second-order valence-electron chi connectivity index (χ2n) is 3.86. The van der Waals surface area contributed by atoms with Crippen LogP contribution in [0.1, 0.15) is 11.1 Å². The van der Waals surface area contributed by atoms with E-state index in [2.05, 4.69) is 20.9 Å². The number of hydrogen-bond acceptors (Lipinski definition) is 3. The molecule has 2 rings (SSSR count). The van der Waals surface area contributed by atoms with E-state index in [1.165, 1.54) is 12.4 Å². The second kappa shape index (κ2) is 6.20. The topological polar surface area (TPSA) is 52.8 Å². The zero-order valence-corrected chi connectivity index (χ0v) is 11.6. The molecule has 0 spiro atoms. The van der Waals surface area contributed by atoms with Crippen molar-refractivity contribution >= 4 is 27.9 Å². The van der Waals surface area contributed by atoms with E-state index >= 15 is 0 Å². The van der Waals surface area contributed by atoms with Gasteiger partial charge in [0.25, 0.3) is 0 Å². The van der Waals surface area contributed by atoms with E-state index in [9.17, 15) is 10.2 Å². The molecule has 0 amide bonds. The number of halogens is 1. The largest absolute Gasteiger partial charge is 0.507 e. The van der Waals surface area contributed by atoms with Crippen LogP contribution in [0.3, 0.4) is 0 Å². The first-order chi connectivity index (χ1) is 9.16. The molecule has 0 aliphatic heterocycles. The number of aromatic hydroxyl groups is 1. The van der Waals surface area contributed by atoms with Crippen LogP contribution in [-0.2, 0) is 0 Å². The Balaban J connectivity index is 2.17. The van der Waals surface area contributed by atoms with Crippen molar-refractivity contribution in [3.63, 3.8) is 0 Å². The van der Waals surface area contributed by atoms with E-state index in [1.54, 1.807) is 30.3 Å². The molecule has 0 saturated carbocycles. The highest BCUT2D eigenvalue weighted by molar-refractivity contribution is 9.10. The van der Waals surface area contributed by atoms with Crippen LogP contribution in [0.5, 0.6) is 5.75 Å². The van der Waals surface area contributed by atoms with E-state index in [-0.39, 0.29) is 11.5 Å². The molecule has 2 aromatic carbocycles. The van der Waals surface area contributed by atoms with Crippen molar-refractivity contribution in [2.45, 2.75) is 0 Å². The standard InChI is InChI=1S/C15H12BrNO2/c16-13-6-7-14(18)12(8-13)9-17-10-15(19)11-4-2-1-3-5-11/h1-10,18-19H/b15-10-,17-9?. The molecule has 0 heterocycles. The molecule has 0 fully saturated rings. The van der Waals surface area contributed by atoms with Crippen molar-refractivity contribution in [1.82, 2.24) is 0 Å². The van der Waals surface area contributed by atoms with Gasteiger partial charge in [0.15, 0.2) is 0 Å². The molecule has 0 unspecified atom stereocenters. The zero-order chi connectivity index (χ0) is 13.7. The molecule has 19 heavy (non-hydrogen) atoms. The SMILES string of the molecule is O/C(=C\N=Cc1cc(Br)ccc1O)c1ccccc1. The molecule has 0 atom stereocenters. The molecule has 0 aliphatic carbocycles. The van der Waals surface area contributed by atoms with Crippen molar-refractivity contribution in [2.24, 2.45) is 4.99 Å². The normalized spacial score (nSPS) is 11.9. The molecule has 0 saturated heterocycles. The predicted octanol–water partition coefficient (Wildman–Crippen LogP) is 4.13. The second-order valence-corrected chi connectivity index (χ2v) is 4.78. The third-order valence-corrected chi connectivity index (χ3v) is 2.96. The molecular weight excluding hydrogens is 306 g/mol. The van der Waals surface area contributed by atoms with Crippen molar-refractivity contribution in [2.75, 3.05) is 0 Å². The minimum absolute atomic E-state index is 0.0753. The Morgan fingerprint density at radius 3 is 2.58 bits per heavy atom. The van der Waals surface area contributed by atoms with Crippen LogP contribution in [0.15, 0.2) is 64.2 Å². The summed E-state index contributed by atoms with van der Waals surface area (Å²) in [5.41, 5.74) is 1.27. The minimum Gasteiger partial charge on any atom is -0.507 e. The van der Waals surface area contributed by atoms with Gasteiger partial charge in [0.2, 0.25) is 0 Å². The zero-order valence-electron chi connectivity index (χ0n) is 9.99. The first-order valence-corrected chi connectivity index (χ1v) is 6.42. The van der Waals surface area contributed by atoms with Crippen LogP contribution >= 0.6 is 15.9 Å². The van der Waals surface area contributed by atoms with Crippen LogP contribution in [0.4, 0.5) is 0 Å². The lowest BCUT2D eigenvalue weighted by molar-refractivity contribution is 0.474. The van der Waals surface area contributed by atoms with Crippen LogP contribution < -0.4 is 0 Å². The van der Waals surface area contributed by atoms with Gasteiger partial charge in [0.1, 0.15) is 11.5 Å². The highest BCUT2D eigenvalue weighted by Crippen LogP contribution is 2.20. The summed E-state index contributed by atoms with van der Waals surface area (Å²) in [6.45, 7) is 0. The maximum atomic E-state index is 9.80. The highest BCUT2D eigenvalue weighted by Gasteiger charge is 1.98. The molecular formula is C15H12BrNO2. The third-order valence-electron chi connectivity index (χ3n) is 2.47. The van der Waals surface area contributed by atoms with Crippen LogP contribution in [0.25, 0.3) is 5.76 Å². The number of phenols is 1. The molecule has 3 nitrogen and oxygen atoms in total. The van der Waals surface area contributed by atoms with Gasteiger partial charge >= 0.3 is 0 Å². The summed E-state index contributed by atoms with van der Waals surface area (Å²) < 4.78 is 0.850. The van der Waals surface area contributed by atoms with Gasteiger partial charge in [-0.2, -0.15) is 0 Å². The summed E-state index contributed by atoms with van der Waals surface area (Å²) in [6.07, 6.45) is 2.83. The van der Waals surface area contributed by atoms with Crippen LogP contribution in [0, 0.1) is 0 Å². The molecule has 96 valence electrons. The number of rotatable bonds is 3. The monoisotopic (exact) mass is 317 g/mol. The Morgan fingerprint density at radius 2 is 1.84 bits per heavy atom. The summed E-state index contributed by atoms with van der Waals surface area (Å²) in [6, 6.07) is 14.2. The molecule has 4 heteroatoms. The summed E-state index contributed by atoms with van der Waals surface area (Å²) in [5, 5.41) is 19.4. The van der Waals surface area contributed by atoms with E-state index < -0.39 is 0 Å². The van der Waals surface area contributed by atoms with E-state index in [0.717, 1.165) is 4.47 Å². The average molecular weight is 318 g/mol. The van der Waals surface area contributed by atoms with Gasteiger partial charge in [-0.1, -0.05) is 46.3 Å². The lowest BCUT2D eigenvalue weighted by Crippen LogP contribution is -1.83. The summed E-state index contributed by atoms with van der Waals surface area (Å²) >= 11 is 3.32. The third kappa shape index (κ3) is 3.69. The Hall–Kier alpha value is -2.07. The van der Waals surface area contributed by atoms with Gasteiger partial charge in [-0.05, 0) is 18.2 Å². The van der Waals surface area contributed by atoms with Gasteiger partial charge in [-0.25, -0.2) is 0 Å². The number of aliphatic hydroxyl groups excluding tert-OH is 1. The maximum Gasteiger partial charge on any atom is 0.141 e. The number of nitrogens with zero attached hydrogens (tertiary/aromatic N) is 1. The predicted molar refractivity (Wildman–Crippen MR) is 80.4 cm³/mol. The quantitative estimate of drug-likeness (QED) is 0.660. The Labute approximate surface area is 119 Å². The molecule has 0 radical (unpaired) electrons. The van der Waals surface area contributed by atoms with Crippen LogP contribution in [-0.4, -0.2) is 16.4 Å². The highest BCUT2D eigenvalue weighted by atomic mass is 79.9. The number of benzene rings is 2. The number of phenolic OH excluding ortho intramolecular Hbond substituents is 1. The lowest BCUT2D eigenvalue weighted by atomic mass is 10.2. The van der Waals surface area contributed by atoms with E-state index in [1.807, 2.05) is 18.2 Å². The van der Waals surface area contributed by atoms with Crippen molar-refractivity contribution in [3.8, 4) is 5.75 Å². The van der Waals surface area contributed by atoms with Gasteiger partial charge in [-0.15, -0.1) is 0 Å². The number of hydrogen-bond donors (Lipinski definition) is 2. The number of aliphatic hydroxyl groups is 1. The molecule has 0 aromatic heterocycles. The van der Waals surface area contributed by atoms with Gasteiger partial charge in [0.05, 0.1) is 6.20 Å². The molecule has 0 bridgehead atoms. The fourth-order valence-corrected chi connectivity index (χ4v) is 1.88. The molecule has 0 aliphatic rings. The Bertz CT molecular complexity index is 621. The van der Waals surface area contributed by atoms with Crippen molar-refractivity contribution < 1.29 is 10.2 Å². The summed E-state index contributed by atoms with van der Waals surface area (Å²) in [7, 11) is 0. The van der Waals surface area contributed by atoms with Crippen LogP contribution in [0.2, 0.25) is 0 Å². The summed E-state index contributed by atoms with van der Waals surface area (Å²) in [5.74, 6) is 0.214.